The molecule has 0 fully saturated rings. The van der Waals surface area contributed by atoms with E-state index < -0.39 is 20.2 Å². The van der Waals surface area contributed by atoms with Gasteiger partial charge in [0.15, 0.2) is 0 Å². The van der Waals surface area contributed by atoms with Crippen LogP contribution in [0.2, 0.25) is 5.02 Å². The number of sulfonamides is 1. The molecule has 2 N–H and O–H groups in total. The molecule has 0 saturated heterocycles. The first-order valence-electron chi connectivity index (χ1n) is 6.91. The van der Waals surface area contributed by atoms with E-state index in [0.29, 0.717) is 11.4 Å². The van der Waals surface area contributed by atoms with Gasteiger partial charge in [-0.1, -0.05) is 55.7 Å². The summed E-state index contributed by atoms with van der Waals surface area (Å²) in [6.07, 6.45) is 9.44. The Labute approximate surface area is 153 Å². The Balaban J connectivity index is 0.00000242. The second kappa shape index (κ2) is 7.25. The Morgan fingerprint density at radius 1 is 1.32 bits per heavy atom. The van der Waals surface area contributed by atoms with Crippen molar-refractivity contribution >= 4 is 51.8 Å². The molecule has 0 spiro atoms. The standard InChI is InChI=1S/C15H20ClNO2S2.Li.H/c1-3-4-9-15(21(17,18)19)10-6-5-8-14(15,2)13-12(16)7-11-20-13;;/h5-8,10-11H,3-4,9H2,1-2H3,(H2,17,18,19);;. The van der Waals surface area contributed by atoms with Crippen molar-refractivity contribution in [3.63, 3.8) is 0 Å². The SMILES string of the molecule is CCCCC1(S(N)(=O)=O)C=CC=CC1(C)c1sccc1Cl.[LiH]. The van der Waals surface area contributed by atoms with E-state index in [-0.39, 0.29) is 18.9 Å². The first-order valence-corrected chi connectivity index (χ1v) is 9.72. The fourth-order valence-electron chi connectivity index (χ4n) is 3.02. The third-order valence-electron chi connectivity index (χ3n) is 4.28. The molecule has 7 heteroatoms. The van der Waals surface area contributed by atoms with E-state index in [2.05, 4.69) is 0 Å². The summed E-state index contributed by atoms with van der Waals surface area (Å²) in [7, 11) is -3.80. The molecule has 3 nitrogen and oxygen atoms in total. The first-order chi connectivity index (χ1) is 9.78. The molecular formula is C15H21ClLiNO2S2. The predicted octanol–water partition coefficient (Wildman–Crippen LogP) is 3.35. The van der Waals surface area contributed by atoms with Crippen LogP contribution in [0.3, 0.4) is 0 Å². The van der Waals surface area contributed by atoms with Crippen molar-refractivity contribution in [1.82, 2.24) is 0 Å². The van der Waals surface area contributed by atoms with Crippen LogP contribution in [0.15, 0.2) is 35.8 Å². The number of unbranched alkanes of at least 4 members (excludes halogenated alkanes) is 1. The molecule has 0 radical (unpaired) electrons. The summed E-state index contributed by atoms with van der Waals surface area (Å²) >= 11 is 7.76. The average molecular weight is 354 g/mol. The van der Waals surface area contributed by atoms with Crippen LogP contribution in [0.25, 0.3) is 0 Å². The first kappa shape index (κ1) is 20.0. The summed E-state index contributed by atoms with van der Waals surface area (Å²) in [5.74, 6) is 0. The van der Waals surface area contributed by atoms with Gasteiger partial charge in [-0.2, -0.15) is 0 Å². The number of allylic oxidation sites excluding steroid dienone is 3. The molecule has 118 valence electrons. The van der Waals surface area contributed by atoms with Gasteiger partial charge in [-0.25, -0.2) is 13.6 Å². The normalized spacial score (nSPS) is 27.6. The van der Waals surface area contributed by atoms with Gasteiger partial charge in [-0.05, 0) is 24.8 Å². The van der Waals surface area contributed by atoms with Crippen molar-refractivity contribution in [2.24, 2.45) is 5.14 Å². The number of hydrogen-bond donors (Lipinski definition) is 1. The molecule has 1 aliphatic carbocycles. The minimum atomic E-state index is -3.80. The summed E-state index contributed by atoms with van der Waals surface area (Å²) in [6.45, 7) is 3.94. The Hall–Kier alpha value is -0.0226. The van der Waals surface area contributed by atoms with Crippen molar-refractivity contribution in [3.05, 3.63) is 45.7 Å². The van der Waals surface area contributed by atoms with Crippen molar-refractivity contribution in [3.8, 4) is 0 Å². The minimum absolute atomic E-state index is 0. The van der Waals surface area contributed by atoms with Gasteiger partial charge in [0.05, 0.1) is 5.02 Å². The molecule has 22 heavy (non-hydrogen) atoms. The molecule has 0 aliphatic heterocycles. The van der Waals surface area contributed by atoms with Crippen LogP contribution in [-0.2, 0) is 15.4 Å². The molecule has 2 unspecified atom stereocenters. The quantitative estimate of drug-likeness (QED) is 0.825. The molecule has 0 saturated carbocycles. The Morgan fingerprint density at radius 3 is 2.45 bits per heavy atom. The Bertz CT molecular complexity index is 683. The van der Waals surface area contributed by atoms with E-state index in [1.165, 1.54) is 11.3 Å². The molecular weight excluding hydrogens is 333 g/mol. The molecule has 2 atom stereocenters. The summed E-state index contributed by atoms with van der Waals surface area (Å²) in [5.41, 5.74) is -0.754. The molecule has 1 heterocycles. The molecule has 0 amide bonds. The van der Waals surface area contributed by atoms with Gasteiger partial charge in [0, 0.05) is 10.3 Å². The second-order valence-electron chi connectivity index (χ2n) is 5.56. The van der Waals surface area contributed by atoms with Crippen molar-refractivity contribution in [1.29, 1.82) is 0 Å². The van der Waals surface area contributed by atoms with Crippen LogP contribution in [0.5, 0.6) is 0 Å². The van der Waals surface area contributed by atoms with Gasteiger partial charge in [0.2, 0.25) is 10.0 Å². The zero-order valence-corrected chi connectivity index (χ0v) is 14.6. The van der Waals surface area contributed by atoms with Crippen LogP contribution in [-0.4, -0.2) is 32.0 Å². The average Bonchev–Trinajstić information content (AvgIpc) is 2.83. The van der Waals surface area contributed by atoms with Crippen LogP contribution in [0.1, 0.15) is 38.0 Å². The maximum atomic E-state index is 12.5. The van der Waals surface area contributed by atoms with Gasteiger partial charge in [-0.3, -0.25) is 0 Å². The molecule has 1 aromatic rings. The summed E-state index contributed by atoms with van der Waals surface area (Å²) < 4.78 is 23.8. The Kier molecular flexibility index (Phi) is 6.60. The van der Waals surface area contributed by atoms with E-state index in [1.54, 1.807) is 18.2 Å². The molecule has 1 aliphatic rings. The molecule has 2 rings (SSSR count). The number of rotatable bonds is 5. The van der Waals surface area contributed by atoms with Gasteiger partial charge >= 0.3 is 18.9 Å². The number of halogens is 1. The number of thiophene rings is 1. The summed E-state index contributed by atoms with van der Waals surface area (Å²) in [5, 5.41) is 8.13. The molecule has 0 aromatic carbocycles. The van der Waals surface area contributed by atoms with Gasteiger partial charge < -0.3 is 0 Å². The number of primary sulfonamides is 1. The zero-order valence-electron chi connectivity index (χ0n) is 12.2. The third-order valence-corrected chi connectivity index (χ3v) is 7.64. The zero-order chi connectivity index (χ0) is 15.7. The van der Waals surface area contributed by atoms with Crippen molar-refractivity contribution in [2.75, 3.05) is 0 Å². The number of hydrogen-bond acceptors (Lipinski definition) is 3. The Morgan fingerprint density at radius 2 is 1.95 bits per heavy atom. The van der Waals surface area contributed by atoms with E-state index >= 15 is 0 Å². The topological polar surface area (TPSA) is 60.2 Å². The van der Waals surface area contributed by atoms with Crippen molar-refractivity contribution < 1.29 is 8.42 Å². The second-order valence-corrected chi connectivity index (χ2v) is 8.70. The fraction of sp³-hybridized carbons (Fsp3) is 0.467. The van der Waals surface area contributed by atoms with Crippen LogP contribution in [0, 0.1) is 0 Å². The van der Waals surface area contributed by atoms with Crippen LogP contribution in [0.4, 0.5) is 0 Å². The van der Waals surface area contributed by atoms with Gasteiger partial charge in [0.25, 0.3) is 0 Å². The van der Waals surface area contributed by atoms with Gasteiger partial charge in [0.1, 0.15) is 4.75 Å². The van der Waals surface area contributed by atoms with Gasteiger partial charge in [-0.15, -0.1) is 11.3 Å². The summed E-state index contributed by atoms with van der Waals surface area (Å²) in [4.78, 5) is 0.842. The van der Waals surface area contributed by atoms with E-state index in [4.69, 9.17) is 16.7 Å². The number of nitrogens with two attached hydrogens (primary N) is 1. The maximum absolute atomic E-state index is 12.5. The summed E-state index contributed by atoms with van der Waals surface area (Å²) in [6, 6.07) is 1.80. The van der Waals surface area contributed by atoms with E-state index in [1.807, 2.05) is 31.4 Å². The fourth-order valence-corrected chi connectivity index (χ4v) is 6.03. The van der Waals surface area contributed by atoms with Crippen LogP contribution >= 0.6 is 22.9 Å². The van der Waals surface area contributed by atoms with E-state index in [9.17, 15) is 8.42 Å². The monoisotopic (exact) mass is 353 g/mol. The molecule has 0 bridgehead atoms. The van der Waals surface area contributed by atoms with E-state index in [0.717, 1.165) is 17.7 Å². The third kappa shape index (κ3) is 3.13. The predicted molar refractivity (Wildman–Crippen MR) is 97.5 cm³/mol. The van der Waals surface area contributed by atoms with Crippen LogP contribution < -0.4 is 5.14 Å². The molecule has 1 aromatic heterocycles. The van der Waals surface area contributed by atoms with Crippen molar-refractivity contribution in [2.45, 2.75) is 43.3 Å².